The van der Waals surface area contributed by atoms with Crippen LogP contribution in [0, 0.1) is 6.92 Å². The predicted molar refractivity (Wildman–Crippen MR) is 171 cm³/mol. The molecule has 10 nitrogen and oxygen atoms in total. The molecule has 3 N–H and O–H groups in total. The highest BCUT2D eigenvalue weighted by Crippen LogP contribution is 2.29. The molecule has 0 bridgehead atoms. The second-order valence-electron chi connectivity index (χ2n) is 11.2. The Labute approximate surface area is 247 Å². The zero-order valence-electron chi connectivity index (χ0n) is 23.9. The molecule has 1 saturated heterocycles. The monoisotopic (exact) mass is 586 g/mol. The third kappa shape index (κ3) is 6.10. The molecule has 2 amide bonds. The highest BCUT2D eigenvalue weighted by atomic mass is 32.2. The van der Waals surface area contributed by atoms with Crippen molar-refractivity contribution < 1.29 is 14.4 Å². The lowest BCUT2D eigenvalue weighted by Gasteiger charge is -2.27. The Morgan fingerprint density at radius 1 is 1.02 bits per heavy atom. The molecule has 11 heteroatoms. The molecule has 0 aliphatic carbocycles. The van der Waals surface area contributed by atoms with Gasteiger partial charge in [-0.1, -0.05) is 32.9 Å². The van der Waals surface area contributed by atoms with Gasteiger partial charge in [-0.05, 0) is 60.7 Å². The number of benzene rings is 2. The van der Waals surface area contributed by atoms with Crippen molar-refractivity contribution in [2.45, 2.75) is 33.1 Å². The van der Waals surface area contributed by atoms with Crippen molar-refractivity contribution in [3.8, 4) is 11.3 Å². The van der Waals surface area contributed by atoms with Gasteiger partial charge in [0.05, 0.1) is 11.3 Å². The quantitative estimate of drug-likeness (QED) is 0.291. The van der Waals surface area contributed by atoms with Crippen LogP contribution in [-0.2, 0) is 15.0 Å². The number of hydrogen-bond acceptors (Lipinski definition) is 7. The molecule has 2 aromatic carbocycles. The molecular weight excluding hydrogens is 552 g/mol. The Morgan fingerprint density at radius 2 is 1.79 bits per heavy atom. The fraction of sp³-hybridized carbons (Fsp3) is 0.226. The van der Waals surface area contributed by atoms with Crippen molar-refractivity contribution in [2.75, 3.05) is 27.8 Å². The summed E-state index contributed by atoms with van der Waals surface area (Å²) in [5, 5.41) is 5.75. The Kier molecular flexibility index (Phi) is 7.95. The first-order chi connectivity index (χ1) is 20.0. The van der Waals surface area contributed by atoms with E-state index in [1.807, 2.05) is 31.2 Å². The molecule has 0 saturated carbocycles. The topological polar surface area (TPSA) is 137 Å². The van der Waals surface area contributed by atoms with E-state index in [-0.39, 0.29) is 22.3 Å². The predicted octanol–water partition coefficient (Wildman–Crippen LogP) is 3.97. The van der Waals surface area contributed by atoms with E-state index in [2.05, 4.69) is 46.4 Å². The van der Waals surface area contributed by atoms with E-state index in [4.69, 9.17) is 0 Å². The number of amides is 2. The van der Waals surface area contributed by atoms with Crippen LogP contribution in [0.2, 0.25) is 0 Å². The molecule has 3 heterocycles. The summed E-state index contributed by atoms with van der Waals surface area (Å²) >= 11 is -0.971. The number of carbonyl (C=O) groups excluding carboxylic acids is 3. The standard InChI is InChI=1S/C31H34N6O4S/c1-18-22(6-5-7-23(18)36-27(38)19-8-13-25(32-16-19)31(2,3)4)24-17-33-28(39)26(35-24)34-20-9-11-21(12-10-20)37-14-15-42-30(41)29(37)40/h5-13,16-17H,14-15H2,1-4H3,42H4,(H,33,39)(H,34,35)(H,36,38). The van der Waals surface area contributed by atoms with E-state index in [0.29, 0.717) is 34.9 Å². The lowest BCUT2D eigenvalue weighted by atomic mass is 9.91. The van der Waals surface area contributed by atoms with Crippen LogP contribution < -0.4 is 21.1 Å². The van der Waals surface area contributed by atoms with Gasteiger partial charge in [0.1, 0.15) is 0 Å². The first-order valence-electron chi connectivity index (χ1n) is 13.7. The third-order valence-electron chi connectivity index (χ3n) is 7.15. The Morgan fingerprint density at radius 3 is 2.48 bits per heavy atom. The molecule has 0 radical (unpaired) electrons. The van der Waals surface area contributed by atoms with Crippen LogP contribution in [0.4, 0.5) is 22.9 Å². The Balaban J connectivity index is 1.34. The van der Waals surface area contributed by atoms with Gasteiger partial charge in [0.15, 0.2) is 5.82 Å². The van der Waals surface area contributed by atoms with Crippen molar-refractivity contribution in [3.05, 3.63) is 94.2 Å². The molecule has 218 valence electrons. The number of nitrogens with one attached hydrogen (secondary N) is 3. The zero-order valence-corrected chi connectivity index (χ0v) is 25.4. The Bertz CT molecular complexity index is 1730. The van der Waals surface area contributed by atoms with E-state index >= 15 is 0 Å². The van der Waals surface area contributed by atoms with Crippen LogP contribution in [0.25, 0.3) is 11.3 Å². The fourth-order valence-electron chi connectivity index (χ4n) is 4.71. The number of hydrogen-bond donors (Lipinski definition) is 3. The maximum atomic E-state index is 13.0. The molecule has 2 aromatic heterocycles. The van der Waals surface area contributed by atoms with Crippen molar-refractivity contribution in [1.29, 1.82) is 0 Å². The minimum atomic E-state index is -0.971. The third-order valence-corrected chi connectivity index (χ3v) is 8.58. The zero-order chi connectivity index (χ0) is 30.0. The molecule has 0 unspecified atom stereocenters. The first-order valence-corrected chi connectivity index (χ1v) is 15.4. The van der Waals surface area contributed by atoms with Crippen LogP contribution in [-0.4, -0.2) is 44.2 Å². The second kappa shape index (κ2) is 11.6. The van der Waals surface area contributed by atoms with E-state index in [9.17, 15) is 19.2 Å². The average Bonchev–Trinajstić information content (AvgIpc) is 2.97. The van der Waals surface area contributed by atoms with Gasteiger partial charge in [0.25, 0.3) is 11.5 Å². The summed E-state index contributed by atoms with van der Waals surface area (Å²) in [4.78, 5) is 62.9. The van der Waals surface area contributed by atoms with Gasteiger partial charge in [-0.2, -0.15) is 0 Å². The average molecular weight is 587 g/mol. The molecular formula is C31H34N6O4S. The number of carbonyl (C=O) groups is 3. The number of aromatic amines is 1. The largest absolute Gasteiger partial charge is 0.336 e. The fourth-order valence-corrected chi connectivity index (χ4v) is 5.91. The van der Waals surface area contributed by atoms with Gasteiger partial charge in [0.2, 0.25) is 5.12 Å². The minimum absolute atomic E-state index is 0.0920. The number of nitrogens with zero attached hydrogens (tertiary/aromatic N) is 3. The van der Waals surface area contributed by atoms with Crippen molar-refractivity contribution in [3.63, 3.8) is 0 Å². The lowest BCUT2D eigenvalue weighted by Crippen LogP contribution is -2.41. The summed E-state index contributed by atoms with van der Waals surface area (Å²) in [7, 11) is 0. The molecule has 0 spiro atoms. The number of rotatable bonds is 6. The smallest absolute Gasteiger partial charge is 0.301 e. The van der Waals surface area contributed by atoms with Crippen LogP contribution in [0.1, 0.15) is 42.4 Å². The molecule has 42 heavy (non-hydrogen) atoms. The normalized spacial score (nSPS) is 13.9. The summed E-state index contributed by atoms with van der Waals surface area (Å²) in [5.74, 6) is 0.140. The summed E-state index contributed by atoms with van der Waals surface area (Å²) in [6.45, 7) is 8.62. The number of pyridine rings is 1. The summed E-state index contributed by atoms with van der Waals surface area (Å²) in [5.41, 5.74) is 4.71. The van der Waals surface area contributed by atoms with E-state index < -0.39 is 23.2 Å². The van der Waals surface area contributed by atoms with Crippen LogP contribution >= 0.6 is 11.8 Å². The maximum absolute atomic E-state index is 13.0. The number of aromatic nitrogens is 3. The second-order valence-corrected chi connectivity index (χ2v) is 13.1. The molecule has 1 fully saturated rings. The Hall–Kier alpha value is -4.77. The molecule has 0 atom stereocenters. The van der Waals surface area contributed by atoms with Gasteiger partial charge in [-0.25, -0.2) is 16.7 Å². The van der Waals surface area contributed by atoms with Crippen molar-refractivity contribution >= 4 is 51.6 Å². The van der Waals surface area contributed by atoms with Gasteiger partial charge < -0.3 is 20.5 Å². The molecule has 1 aliphatic heterocycles. The molecule has 4 aromatic rings. The van der Waals surface area contributed by atoms with Crippen molar-refractivity contribution in [1.82, 2.24) is 15.0 Å². The van der Waals surface area contributed by atoms with E-state index in [1.165, 1.54) is 11.1 Å². The van der Waals surface area contributed by atoms with E-state index in [0.717, 1.165) is 22.6 Å². The van der Waals surface area contributed by atoms with E-state index in [1.54, 1.807) is 36.5 Å². The van der Waals surface area contributed by atoms with Crippen LogP contribution in [0.3, 0.4) is 0 Å². The summed E-state index contributed by atoms with van der Waals surface area (Å²) < 4.78 is 0. The van der Waals surface area contributed by atoms with Crippen molar-refractivity contribution in [2.24, 2.45) is 0 Å². The summed E-state index contributed by atoms with van der Waals surface area (Å²) in [6, 6.07) is 16.1. The SMILES string of the molecule is Cc1c(NC(=O)c2ccc(C(C)(C)C)nc2)cccc1-c1c[nH]c(=O)c(Nc2ccc(N3CC[SH4]C(=O)C3=O)cc2)n1. The first kappa shape index (κ1) is 28.7. The maximum Gasteiger partial charge on any atom is 0.301 e. The van der Waals surface area contributed by atoms with Gasteiger partial charge in [0, 0.05) is 52.7 Å². The lowest BCUT2D eigenvalue weighted by molar-refractivity contribution is -0.131. The van der Waals surface area contributed by atoms with Crippen LogP contribution in [0.15, 0.2) is 71.8 Å². The molecule has 1 aliphatic rings. The molecule has 5 rings (SSSR count). The highest BCUT2D eigenvalue weighted by Gasteiger charge is 2.25. The number of anilines is 4. The minimum Gasteiger partial charge on any atom is -0.336 e. The van der Waals surface area contributed by atoms with Crippen LogP contribution in [0.5, 0.6) is 0 Å². The van der Waals surface area contributed by atoms with Gasteiger partial charge in [-0.15, -0.1) is 0 Å². The number of H-pyrrole nitrogens is 1. The highest BCUT2D eigenvalue weighted by molar-refractivity contribution is 8.15. The van der Waals surface area contributed by atoms with Gasteiger partial charge in [-0.3, -0.25) is 24.2 Å². The summed E-state index contributed by atoms with van der Waals surface area (Å²) in [6.07, 6.45) is 3.11. The van der Waals surface area contributed by atoms with Gasteiger partial charge >= 0.3 is 5.91 Å².